The lowest BCUT2D eigenvalue weighted by Gasteiger charge is -2.35. The highest BCUT2D eigenvalue weighted by Gasteiger charge is 2.33. The lowest BCUT2D eigenvalue weighted by Crippen LogP contribution is -2.42. The van der Waals surface area contributed by atoms with E-state index in [0.29, 0.717) is 25.1 Å². The molecule has 1 saturated heterocycles. The topological polar surface area (TPSA) is 146 Å². The summed E-state index contributed by atoms with van der Waals surface area (Å²) < 4.78 is 14.4. The summed E-state index contributed by atoms with van der Waals surface area (Å²) in [5, 5.41) is 44.6. The van der Waals surface area contributed by atoms with Crippen LogP contribution >= 0.6 is 0 Å². The molecule has 1 aliphatic rings. The molecule has 2 N–H and O–H groups in total. The summed E-state index contributed by atoms with van der Waals surface area (Å²) >= 11 is 0. The number of aliphatic hydroxyl groups excluding tert-OH is 1. The molecule has 0 spiro atoms. The van der Waals surface area contributed by atoms with Crippen LogP contribution in [0.2, 0.25) is 0 Å². The van der Waals surface area contributed by atoms with E-state index < -0.39 is 39.7 Å². The zero-order chi connectivity index (χ0) is 22.7. The molecule has 1 fully saturated rings. The van der Waals surface area contributed by atoms with Crippen LogP contribution in [0, 0.1) is 44.3 Å². The SMILES string of the molecule is Cc1c(CO)cc([N+](=O)[O-])c(NC2CCCN(c3ccc(C#N)cc3F)C2)c1[N+](=O)[O-]. The average Bonchev–Trinajstić information content (AvgIpc) is 2.73. The van der Waals surface area contributed by atoms with Gasteiger partial charge in [0.2, 0.25) is 0 Å². The Hall–Kier alpha value is -3.78. The maximum absolute atomic E-state index is 14.4. The van der Waals surface area contributed by atoms with Gasteiger partial charge in [0, 0.05) is 30.8 Å². The molecule has 2 aromatic rings. The average molecular weight is 429 g/mol. The van der Waals surface area contributed by atoms with Crippen LogP contribution in [0.5, 0.6) is 0 Å². The summed E-state index contributed by atoms with van der Waals surface area (Å²) in [5.74, 6) is -0.556. The van der Waals surface area contributed by atoms with Crippen molar-refractivity contribution in [3.05, 3.63) is 67.0 Å². The largest absolute Gasteiger partial charge is 0.392 e. The first-order valence-corrected chi connectivity index (χ1v) is 9.54. The number of nitriles is 1. The Morgan fingerprint density at radius 1 is 1.32 bits per heavy atom. The normalized spacial score (nSPS) is 15.9. The van der Waals surface area contributed by atoms with Gasteiger partial charge in [-0.25, -0.2) is 4.39 Å². The van der Waals surface area contributed by atoms with Gasteiger partial charge in [0.25, 0.3) is 5.69 Å². The second-order valence-electron chi connectivity index (χ2n) is 7.28. The number of nitro benzene ring substituents is 2. The Kier molecular flexibility index (Phi) is 6.31. The molecule has 1 atom stereocenters. The van der Waals surface area contributed by atoms with Gasteiger partial charge >= 0.3 is 5.69 Å². The van der Waals surface area contributed by atoms with Gasteiger partial charge in [-0.1, -0.05) is 0 Å². The predicted octanol–water partition coefficient (Wildman–Crippen LogP) is 3.40. The molecule has 0 aliphatic carbocycles. The van der Waals surface area contributed by atoms with E-state index in [1.807, 2.05) is 6.07 Å². The fourth-order valence-electron chi connectivity index (χ4n) is 3.84. The summed E-state index contributed by atoms with van der Waals surface area (Å²) in [7, 11) is 0. The standard InChI is InChI=1S/C20H20FN5O5/c1-12-14(11-27)8-18(25(28)29)19(20(12)26(30)31)23-15-3-2-6-24(10-15)17-5-4-13(9-22)7-16(17)21/h4-5,7-8,15,23,27H,2-3,6,10-11H2,1H3. The number of hydrogen-bond acceptors (Lipinski definition) is 8. The van der Waals surface area contributed by atoms with Crippen molar-refractivity contribution >= 4 is 22.7 Å². The Labute approximate surface area is 176 Å². The number of anilines is 2. The van der Waals surface area contributed by atoms with E-state index in [1.165, 1.54) is 19.1 Å². The van der Waals surface area contributed by atoms with Crippen molar-refractivity contribution < 1.29 is 19.3 Å². The quantitative estimate of drug-likeness (QED) is 0.525. The van der Waals surface area contributed by atoms with Crippen LogP contribution < -0.4 is 10.2 Å². The number of hydrogen-bond donors (Lipinski definition) is 2. The lowest BCUT2D eigenvalue weighted by molar-refractivity contribution is -0.392. The summed E-state index contributed by atoms with van der Waals surface area (Å²) in [6.45, 7) is 1.66. The highest BCUT2D eigenvalue weighted by atomic mass is 19.1. The second kappa shape index (κ2) is 8.93. The van der Waals surface area contributed by atoms with E-state index in [4.69, 9.17) is 5.26 Å². The highest BCUT2D eigenvalue weighted by molar-refractivity contribution is 5.78. The first kappa shape index (κ1) is 21.9. The summed E-state index contributed by atoms with van der Waals surface area (Å²) in [6, 6.07) is 6.73. The summed E-state index contributed by atoms with van der Waals surface area (Å²) in [6.07, 6.45) is 1.20. The molecular weight excluding hydrogens is 409 g/mol. The third kappa shape index (κ3) is 4.39. The molecule has 31 heavy (non-hydrogen) atoms. The molecular formula is C20H20FN5O5. The first-order valence-electron chi connectivity index (χ1n) is 9.54. The Morgan fingerprint density at radius 2 is 2.06 bits per heavy atom. The van der Waals surface area contributed by atoms with Crippen LogP contribution in [0.4, 0.5) is 27.1 Å². The van der Waals surface area contributed by atoms with Gasteiger partial charge in [0.05, 0.1) is 33.8 Å². The highest BCUT2D eigenvalue weighted by Crippen LogP contribution is 2.40. The van der Waals surface area contributed by atoms with Crippen molar-refractivity contribution in [3.63, 3.8) is 0 Å². The van der Waals surface area contributed by atoms with Crippen molar-refractivity contribution in [1.82, 2.24) is 0 Å². The van der Waals surface area contributed by atoms with Crippen LogP contribution in [0.15, 0.2) is 24.3 Å². The monoisotopic (exact) mass is 429 g/mol. The number of nitro groups is 2. The Balaban J connectivity index is 1.95. The minimum Gasteiger partial charge on any atom is -0.392 e. The van der Waals surface area contributed by atoms with Crippen LogP contribution in [-0.2, 0) is 6.61 Å². The Bertz CT molecular complexity index is 1080. The van der Waals surface area contributed by atoms with Crippen LogP contribution in [0.1, 0.15) is 29.5 Å². The summed E-state index contributed by atoms with van der Waals surface area (Å²) in [5.41, 5.74) is -0.444. The van der Waals surface area contributed by atoms with E-state index in [0.717, 1.165) is 12.1 Å². The molecule has 162 valence electrons. The molecule has 11 heteroatoms. The van der Waals surface area contributed by atoms with Gasteiger partial charge < -0.3 is 15.3 Å². The van der Waals surface area contributed by atoms with E-state index >= 15 is 0 Å². The molecule has 0 aromatic heterocycles. The molecule has 10 nitrogen and oxygen atoms in total. The molecule has 1 unspecified atom stereocenters. The van der Waals surface area contributed by atoms with E-state index in [-0.39, 0.29) is 28.9 Å². The van der Waals surface area contributed by atoms with E-state index in [2.05, 4.69) is 5.32 Å². The zero-order valence-electron chi connectivity index (χ0n) is 16.7. The number of benzene rings is 2. The van der Waals surface area contributed by atoms with Crippen molar-refractivity contribution in [1.29, 1.82) is 5.26 Å². The maximum Gasteiger partial charge on any atom is 0.302 e. The third-order valence-electron chi connectivity index (χ3n) is 5.38. The predicted molar refractivity (Wildman–Crippen MR) is 110 cm³/mol. The van der Waals surface area contributed by atoms with Crippen molar-refractivity contribution in [2.75, 3.05) is 23.3 Å². The number of nitrogens with one attached hydrogen (secondary N) is 1. The number of aliphatic hydroxyl groups is 1. The van der Waals surface area contributed by atoms with Crippen LogP contribution in [0.25, 0.3) is 0 Å². The second-order valence-corrected chi connectivity index (χ2v) is 7.28. The molecule has 3 rings (SSSR count). The minimum absolute atomic E-state index is 0.105. The number of halogens is 1. The van der Waals surface area contributed by atoms with Crippen LogP contribution in [-0.4, -0.2) is 34.1 Å². The van der Waals surface area contributed by atoms with Gasteiger partial charge in [-0.2, -0.15) is 5.26 Å². The molecule has 1 aliphatic heterocycles. The minimum atomic E-state index is -0.727. The number of nitrogens with zero attached hydrogens (tertiary/aromatic N) is 4. The first-order chi connectivity index (χ1) is 14.8. The number of rotatable bonds is 6. The fourth-order valence-corrected chi connectivity index (χ4v) is 3.84. The molecule has 2 aromatic carbocycles. The third-order valence-corrected chi connectivity index (χ3v) is 5.38. The molecule has 1 heterocycles. The maximum atomic E-state index is 14.4. The van der Waals surface area contributed by atoms with Gasteiger partial charge in [0.1, 0.15) is 5.82 Å². The van der Waals surface area contributed by atoms with Crippen molar-refractivity contribution in [2.45, 2.75) is 32.4 Å². The van der Waals surface area contributed by atoms with E-state index in [9.17, 15) is 29.7 Å². The number of piperidine rings is 1. The van der Waals surface area contributed by atoms with Crippen molar-refractivity contribution in [2.24, 2.45) is 0 Å². The van der Waals surface area contributed by atoms with Crippen molar-refractivity contribution in [3.8, 4) is 6.07 Å². The van der Waals surface area contributed by atoms with E-state index in [1.54, 1.807) is 4.90 Å². The Morgan fingerprint density at radius 3 is 2.65 bits per heavy atom. The molecule has 0 amide bonds. The van der Waals surface area contributed by atoms with Gasteiger partial charge in [-0.05, 0) is 43.5 Å². The van der Waals surface area contributed by atoms with Gasteiger partial charge in [-0.3, -0.25) is 20.2 Å². The molecule has 0 bridgehead atoms. The van der Waals surface area contributed by atoms with Gasteiger partial charge in [-0.15, -0.1) is 0 Å². The van der Waals surface area contributed by atoms with Crippen LogP contribution in [0.3, 0.4) is 0 Å². The smallest absolute Gasteiger partial charge is 0.302 e. The summed E-state index contributed by atoms with van der Waals surface area (Å²) in [4.78, 5) is 23.6. The zero-order valence-corrected chi connectivity index (χ0v) is 16.7. The lowest BCUT2D eigenvalue weighted by atomic mass is 10.0. The fraction of sp³-hybridized carbons (Fsp3) is 0.350. The molecule has 0 saturated carbocycles. The molecule has 0 radical (unpaired) electrons. The van der Waals surface area contributed by atoms with Gasteiger partial charge in [0.15, 0.2) is 5.69 Å².